The number of nitriles is 1. The number of nitrogens with zero attached hydrogens (tertiary/aromatic N) is 2. The van der Waals surface area contributed by atoms with Crippen molar-refractivity contribution in [2.24, 2.45) is 0 Å². The van der Waals surface area contributed by atoms with Crippen LogP contribution < -0.4 is 4.74 Å². The van der Waals surface area contributed by atoms with Crippen molar-refractivity contribution in [2.45, 2.75) is 13.0 Å². The van der Waals surface area contributed by atoms with Crippen molar-refractivity contribution in [1.29, 1.82) is 5.26 Å². The van der Waals surface area contributed by atoms with Crippen LogP contribution in [0.4, 0.5) is 0 Å². The predicted octanol–water partition coefficient (Wildman–Crippen LogP) is 0.957. The van der Waals surface area contributed by atoms with E-state index in [1.54, 1.807) is 38.4 Å². The first-order valence-corrected chi connectivity index (χ1v) is 5.97. The van der Waals surface area contributed by atoms with Crippen LogP contribution in [-0.4, -0.2) is 43.6 Å². The molecule has 0 aliphatic heterocycles. The van der Waals surface area contributed by atoms with Gasteiger partial charge in [-0.25, -0.2) is 4.79 Å². The van der Waals surface area contributed by atoms with E-state index in [0.29, 0.717) is 11.3 Å². The van der Waals surface area contributed by atoms with E-state index in [9.17, 15) is 9.59 Å². The number of likely N-dealkylation sites (N-methyl/N-ethyl adjacent to an activating group) is 1. The summed E-state index contributed by atoms with van der Waals surface area (Å²) in [6.07, 6.45) is -0.845. The first kappa shape index (κ1) is 15.5. The predicted molar refractivity (Wildman–Crippen MR) is 70.9 cm³/mol. The van der Waals surface area contributed by atoms with Crippen LogP contribution in [0.1, 0.15) is 12.5 Å². The molecule has 0 bridgehead atoms. The minimum Gasteiger partial charge on any atom is -0.482 e. The summed E-state index contributed by atoms with van der Waals surface area (Å²) in [5.41, 5.74) is 0.505. The van der Waals surface area contributed by atoms with Gasteiger partial charge in [0.15, 0.2) is 12.7 Å². The van der Waals surface area contributed by atoms with E-state index in [4.69, 9.17) is 14.7 Å². The molecule has 0 aromatic heterocycles. The number of hydrogen-bond acceptors (Lipinski definition) is 5. The monoisotopic (exact) mass is 276 g/mol. The molecule has 1 rings (SSSR count). The molecule has 6 heteroatoms. The molecule has 0 N–H and O–H groups in total. The van der Waals surface area contributed by atoms with Gasteiger partial charge < -0.3 is 14.4 Å². The molecule has 6 nitrogen and oxygen atoms in total. The van der Waals surface area contributed by atoms with Gasteiger partial charge >= 0.3 is 5.97 Å². The molecule has 0 fully saturated rings. The van der Waals surface area contributed by atoms with Gasteiger partial charge in [-0.05, 0) is 31.2 Å². The summed E-state index contributed by atoms with van der Waals surface area (Å²) in [5, 5.41) is 8.64. The maximum Gasteiger partial charge on any atom is 0.344 e. The van der Waals surface area contributed by atoms with Gasteiger partial charge in [-0.1, -0.05) is 0 Å². The molecule has 1 aromatic carbocycles. The highest BCUT2D eigenvalue weighted by Crippen LogP contribution is 2.11. The zero-order chi connectivity index (χ0) is 15.1. The first-order chi connectivity index (χ1) is 9.43. The highest BCUT2D eigenvalue weighted by molar-refractivity contribution is 5.83. The summed E-state index contributed by atoms with van der Waals surface area (Å²) in [6, 6.07) is 8.31. The molecule has 0 radical (unpaired) electrons. The third kappa shape index (κ3) is 4.61. The van der Waals surface area contributed by atoms with E-state index < -0.39 is 12.1 Å². The second-order valence-electron chi connectivity index (χ2n) is 4.29. The Labute approximate surface area is 117 Å². The van der Waals surface area contributed by atoms with Crippen LogP contribution in [0.15, 0.2) is 24.3 Å². The third-order valence-corrected chi connectivity index (χ3v) is 2.44. The second-order valence-corrected chi connectivity index (χ2v) is 4.29. The lowest BCUT2D eigenvalue weighted by Crippen LogP contribution is -2.35. The third-order valence-electron chi connectivity index (χ3n) is 2.44. The lowest BCUT2D eigenvalue weighted by Gasteiger charge is -2.17. The van der Waals surface area contributed by atoms with Gasteiger partial charge in [0.2, 0.25) is 0 Å². The smallest absolute Gasteiger partial charge is 0.344 e. The highest BCUT2D eigenvalue weighted by atomic mass is 16.6. The fourth-order valence-electron chi connectivity index (χ4n) is 1.41. The Morgan fingerprint density at radius 1 is 1.30 bits per heavy atom. The van der Waals surface area contributed by atoms with E-state index in [2.05, 4.69) is 0 Å². The molecule has 106 valence electrons. The van der Waals surface area contributed by atoms with Crippen molar-refractivity contribution in [1.82, 2.24) is 4.90 Å². The van der Waals surface area contributed by atoms with Gasteiger partial charge in [-0.3, -0.25) is 4.79 Å². The summed E-state index contributed by atoms with van der Waals surface area (Å²) in [4.78, 5) is 24.4. The molecule has 0 spiro atoms. The SMILES string of the molecule is C[C@@H](OC(=O)COc1ccc(C#N)cc1)C(=O)N(C)C. The largest absolute Gasteiger partial charge is 0.482 e. The fraction of sp³-hybridized carbons (Fsp3) is 0.357. The molecular formula is C14H16N2O4. The normalized spacial score (nSPS) is 11.1. The maximum atomic E-state index is 11.5. The van der Waals surface area contributed by atoms with Crippen LogP contribution in [0.5, 0.6) is 5.75 Å². The molecule has 0 saturated heterocycles. The number of esters is 1. The van der Waals surface area contributed by atoms with Crippen molar-refractivity contribution < 1.29 is 19.1 Å². The highest BCUT2D eigenvalue weighted by Gasteiger charge is 2.19. The summed E-state index contributed by atoms with van der Waals surface area (Å²) in [7, 11) is 3.17. The van der Waals surface area contributed by atoms with E-state index >= 15 is 0 Å². The Balaban J connectivity index is 2.43. The van der Waals surface area contributed by atoms with Gasteiger partial charge in [0.25, 0.3) is 5.91 Å². The number of carbonyl (C=O) groups is 2. The maximum absolute atomic E-state index is 11.5. The first-order valence-electron chi connectivity index (χ1n) is 5.97. The van der Waals surface area contributed by atoms with Gasteiger partial charge in [-0.15, -0.1) is 0 Å². The molecule has 1 amide bonds. The van der Waals surface area contributed by atoms with Crippen LogP contribution >= 0.6 is 0 Å². The molecule has 0 unspecified atom stereocenters. The quantitative estimate of drug-likeness (QED) is 0.748. The zero-order valence-electron chi connectivity index (χ0n) is 11.6. The lowest BCUT2D eigenvalue weighted by atomic mass is 10.2. The van der Waals surface area contributed by atoms with Crippen molar-refractivity contribution in [3.63, 3.8) is 0 Å². The molecule has 0 saturated carbocycles. The minimum atomic E-state index is -0.845. The van der Waals surface area contributed by atoms with Gasteiger partial charge in [-0.2, -0.15) is 5.26 Å². The Morgan fingerprint density at radius 2 is 1.90 bits per heavy atom. The average molecular weight is 276 g/mol. The van der Waals surface area contributed by atoms with E-state index in [0.717, 1.165) is 0 Å². The Kier molecular flexibility index (Phi) is 5.54. The molecule has 1 aromatic rings. The van der Waals surface area contributed by atoms with Gasteiger partial charge in [0.05, 0.1) is 11.6 Å². The lowest BCUT2D eigenvalue weighted by molar-refractivity contribution is -0.159. The summed E-state index contributed by atoms with van der Waals surface area (Å²) >= 11 is 0. The van der Waals surface area contributed by atoms with Crippen molar-refractivity contribution in [3.8, 4) is 11.8 Å². The fourth-order valence-corrected chi connectivity index (χ4v) is 1.41. The average Bonchev–Trinajstić information content (AvgIpc) is 2.44. The van der Waals surface area contributed by atoms with Gasteiger partial charge in [0.1, 0.15) is 5.75 Å². The molecule has 0 aliphatic rings. The number of rotatable bonds is 5. The number of hydrogen-bond donors (Lipinski definition) is 0. The zero-order valence-corrected chi connectivity index (χ0v) is 11.6. The van der Waals surface area contributed by atoms with E-state index in [1.165, 1.54) is 11.8 Å². The molecule has 0 heterocycles. The van der Waals surface area contributed by atoms with Crippen LogP contribution in [0.3, 0.4) is 0 Å². The number of amides is 1. The van der Waals surface area contributed by atoms with Crippen LogP contribution in [0, 0.1) is 11.3 Å². The summed E-state index contributed by atoms with van der Waals surface area (Å²) in [5.74, 6) is -0.471. The van der Waals surface area contributed by atoms with Crippen LogP contribution in [0.25, 0.3) is 0 Å². The molecular weight excluding hydrogens is 260 g/mol. The Hall–Kier alpha value is -2.55. The van der Waals surface area contributed by atoms with Crippen LogP contribution in [-0.2, 0) is 14.3 Å². The van der Waals surface area contributed by atoms with Crippen molar-refractivity contribution in [2.75, 3.05) is 20.7 Å². The number of carbonyl (C=O) groups excluding carboxylic acids is 2. The summed E-state index contributed by atoms with van der Waals surface area (Å²) in [6.45, 7) is 1.21. The van der Waals surface area contributed by atoms with Gasteiger partial charge in [0, 0.05) is 14.1 Å². The Bertz CT molecular complexity index is 517. The Morgan fingerprint density at radius 3 is 2.40 bits per heavy atom. The van der Waals surface area contributed by atoms with Crippen molar-refractivity contribution >= 4 is 11.9 Å². The van der Waals surface area contributed by atoms with Crippen molar-refractivity contribution in [3.05, 3.63) is 29.8 Å². The molecule has 1 atom stereocenters. The summed E-state index contributed by atoms with van der Waals surface area (Å²) < 4.78 is 10.1. The second kappa shape index (κ2) is 7.14. The number of benzene rings is 1. The van der Waals surface area contributed by atoms with E-state index in [1.807, 2.05) is 6.07 Å². The molecule has 0 aliphatic carbocycles. The van der Waals surface area contributed by atoms with Crippen LogP contribution in [0.2, 0.25) is 0 Å². The van der Waals surface area contributed by atoms with E-state index in [-0.39, 0.29) is 12.5 Å². The molecule has 20 heavy (non-hydrogen) atoms. The minimum absolute atomic E-state index is 0.295. The number of ether oxygens (including phenoxy) is 2. The standard InChI is InChI=1S/C14H16N2O4/c1-10(14(18)16(2)3)20-13(17)9-19-12-6-4-11(8-15)5-7-12/h4-7,10H,9H2,1-3H3/t10-/m1/s1. The topological polar surface area (TPSA) is 79.6 Å².